The molecule has 0 aliphatic heterocycles. The fourth-order valence-corrected chi connectivity index (χ4v) is 3.61. The third-order valence-electron chi connectivity index (χ3n) is 4.26. The average molecular weight is 399 g/mol. The van der Waals surface area contributed by atoms with Gasteiger partial charge in [-0.25, -0.2) is 4.98 Å². The standard InChI is InChI=1S/C21H26N4O2S/c1-13(2)11-25-8-7-15-9-16(5-6-18(15)25)22-19(26)10-17-12-28-21(23-17)24-20(27)14(3)4/h5-9,12-14H,10-11H2,1-4H3,(H,22,26)(H,23,24,27). The molecule has 1 aromatic carbocycles. The Labute approximate surface area is 169 Å². The normalized spacial score (nSPS) is 11.4. The number of hydrogen-bond acceptors (Lipinski definition) is 4. The van der Waals surface area contributed by atoms with E-state index in [1.807, 2.05) is 32.0 Å². The van der Waals surface area contributed by atoms with Crippen LogP contribution in [0.1, 0.15) is 33.4 Å². The van der Waals surface area contributed by atoms with Gasteiger partial charge in [0.2, 0.25) is 11.8 Å². The summed E-state index contributed by atoms with van der Waals surface area (Å²) >= 11 is 1.33. The van der Waals surface area contributed by atoms with Crippen molar-refractivity contribution in [2.75, 3.05) is 10.6 Å². The number of thiazole rings is 1. The summed E-state index contributed by atoms with van der Waals surface area (Å²) in [5.74, 6) is 0.250. The van der Waals surface area contributed by atoms with Crippen LogP contribution in [-0.4, -0.2) is 21.4 Å². The molecule has 2 amide bonds. The smallest absolute Gasteiger partial charge is 0.230 e. The van der Waals surface area contributed by atoms with Gasteiger partial charge >= 0.3 is 0 Å². The van der Waals surface area contributed by atoms with E-state index in [0.717, 1.165) is 23.1 Å². The third kappa shape index (κ3) is 4.98. The fourth-order valence-electron chi connectivity index (χ4n) is 2.90. The summed E-state index contributed by atoms with van der Waals surface area (Å²) < 4.78 is 2.23. The van der Waals surface area contributed by atoms with Crippen molar-refractivity contribution in [3.05, 3.63) is 41.5 Å². The molecule has 0 aliphatic rings. The number of carbonyl (C=O) groups is 2. The molecule has 2 heterocycles. The Morgan fingerprint density at radius 1 is 1.14 bits per heavy atom. The highest BCUT2D eigenvalue weighted by atomic mass is 32.1. The highest BCUT2D eigenvalue weighted by molar-refractivity contribution is 7.13. The first-order chi connectivity index (χ1) is 13.3. The molecule has 0 saturated heterocycles. The lowest BCUT2D eigenvalue weighted by Gasteiger charge is -2.09. The minimum absolute atomic E-state index is 0.0805. The van der Waals surface area contributed by atoms with Crippen molar-refractivity contribution in [1.82, 2.24) is 9.55 Å². The first-order valence-electron chi connectivity index (χ1n) is 9.46. The minimum atomic E-state index is -0.131. The molecule has 2 aromatic heterocycles. The van der Waals surface area contributed by atoms with Gasteiger partial charge in [0.1, 0.15) is 0 Å². The molecule has 148 valence electrons. The number of rotatable bonds is 7. The quantitative estimate of drug-likeness (QED) is 0.614. The molecular weight excluding hydrogens is 372 g/mol. The van der Waals surface area contributed by atoms with Crippen molar-refractivity contribution in [3.8, 4) is 0 Å². The zero-order valence-corrected chi connectivity index (χ0v) is 17.5. The summed E-state index contributed by atoms with van der Waals surface area (Å²) in [5, 5.41) is 9.11. The SMILES string of the molecule is CC(C)Cn1ccc2cc(NC(=O)Cc3csc(NC(=O)C(C)C)n3)ccc21. The van der Waals surface area contributed by atoms with Gasteiger partial charge < -0.3 is 15.2 Å². The van der Waals surface area contributed by atoms with Gasteiger partial charge in [-0.15, -0.1) is 11.3 Å². The molecule has 2 N–H and O–H groups in total. The van der Waals surface area contributed by atoms with E-state index in [1.165, 1.54) is 11.3 Å². The third-order valence-corrected chi connectivity index (χ3v) is 5.07. The molecule has 0 atom stereocenters. The minimum Gasteiger partial charge on any atom is -0.347 e. The fraction of sp³-hybridized carbons (Fsp3) is 0.381. The summed E-state index contributed by atoms with van der Waals surface area (Å²) in [5.41, 5.74) is 2.57. The largest absolute Gasteiger partial charge is 0.347 e. The lowest BCUT2D eigenvalue weighted by atomic mass is 10.2. The van der Waals surface area contributed by atoms with Crippen LogP contribution in [0.25, 0.3) is 10.9 Å². The molecule has 3 aromatic rings. The number of nitrogens with zero attached hydrogens (tertiary/aromatic N) is 2. The van der Waals surface area contributed by atoms with Crippen molar-refractivity contribution in [1.29, 1.82) is 0 Å². The Hall–Kier alpha value is -2.67. The van der Waals surface area contributed by atoms with E-state index in [0.29, 0.717) is 16.7 Å². The summed E-state index contributed by atoms with van der Waals surface area (Å²) in [7, 11) is 0. The Morgan fingerprint density at radius 3 is 2.64 bits per heavy atom. The molecule has 0 saturated carbocycles. The van der Waals surface area contributed by atoms with Crippen LogP contribution in [0.3, 0.4) is 0 Å². The maximum Gasteiger partial charge on any atom is 0.230 e. The zero-order chi connectivity index (χ0) is 20.3. The van der Waals surface area contributed by atoms with Crippen molar-refractivity contribution in [2.45, 2.75) is 40.7 Å². The number of nitrogens with one attached hydrogen (secondary N) is 2. The van der Waals surface area contributed by atoms with Crippen molar-refractivity contribution >= 4 is 44.9 Å². The van der Waals surface area contributed by atoms with Crippen LogP contribution >= 0.6 is 11.3 Å². The highest BCUT2D eigenvalue weighted by Crippen LogP contribution is 2.22. The first-order valence-corrected chi connectivity index (χ1v) is 10.3. The monoisotopic (exact) mass is 398 g/mol. The van der Waals surface area contributed by atoms with Gasteiger partial charge in [-0.2, -0.15) is 0 Å². The maximum absolute atomic E-state index is 12.4. The lowest BCUT2D eigenvalue weighted by molar-refractivity contribution is -0.119. The topological polar surface area (TPSA) is 76.0 Å². The van der Waals surface area contributed by atoms with Crippen LogP contribution in [0.15, 0.2) is 35.8 Å². The van der Waals surface area contributed by atoms with Crippen LogP contribution in [-0.2, 0) is 22.6 Å². The van der Waals surface area contributed by atoms with Crippen LogP contribution in [0.4, 0.5) is 10.8 Å². The summed E-state index contributed by atoms with van der Waals surface area (Å²) in [4.78, 5) is 28.4. The predicted octanol–water partition coefficient (Wildman–Crippen LogP) is 4.53. The first kappa shape index (κ1) is 20.1. The Balaban J connectivity index is 1.62. The van der Waals surface area contributed by atoms with Crippen LogP contribution < -0.4 is 10.6 Å². The molecule has 0 spiro atoms. The van der Waals surface area contributed by atoms with Gasteiger partial charge in [0.05, 0.1) is 12.1 Å². The number of anilines is 2. The highest BCUT2D eigenvalue weighted by Gasteiger charge is 2.12. The predicted molar refractivity (Wildman–Crippen MR) is 115 cm³/mol. The number of hydrogen-bond donors (Lipinski definition) is 2. The Morgan fingerprint density at radius 2 is 1.93 bits per heavy atom. The number of aromatic nitrogens is 2. The second kappa shape index (κ2) is 8.56. The molecule has 0 fully saturated rings. The van der Waals surface area contributed by atoms with E-state index in [-0.39, 0.29) is 24.2 Å². The molecule has 0 aliphatic carbocycles. The van der Waals surface area contributed by atoms with E-state index >= 15 is 0 Å². The van der Waals surface area contributed by atoms with Crippen molar-refractivity contribution in [2.24, 2.45) is 11.8 Å². The van der Waals surface area contributed by atoms with Gasteiger partial charge in [-0.05, 0) is 30.2 Å². The second-order valence-electron chi connectivity index (χ2n) is 7.65. The molecule has 0 radical (unpaired) electrons. The lowest BCUT2D eigenvalue weighted by Crippen LogP contribution is -2.18. The van der Waals surface area contributed by atoms with E-state index in [1.54, 1.807) is 5.38 Å². The van der Waals surface area contributed by atoms with Crippen molar-refractivity contribution < 1.29 is 9.59 Å². The summed E-state index contributed by atoms with van der Waals surface area (Å²) in [6, 6.07) is 8.01. The Bertz CT molecular complexity index is 987. The molecule has 28 heavy (non-hydrogen) atoms. The molecule has 3 rings (SSSR count). The van der Waals surface area contributed by atoms with Crippen LogP contribution in [0.2, 0.25) is 0 Å². The average Bonchev–Trinajstić information content (AvgIpc) is 3.21. The van der Waals surface area contributed by atoms with E-state index in [9.17, 15) is 9.59 Å². The maximum atomic E-state index is 12.4. The number of amides is 2. The molecule has 0 bridgehead atoms. The number of benzene rings is 1. The summed E-state index contributed by atoms with van der Waals surface area (Å²) in [6.07, 6.45) is 2.25. The van der Waals surface area contributed by atoms with E-state index < -0.39 is 0 Å². The number of fused-ring (bicyclic) bond motifs is 1. The Kier molecular flexibility index (Phi) is 6.14. The molecule has 6 nitrogen and oxygen atoms in total. The van der Waals surface area contributed by atoms with Gasteiger partial charge in [0, 0.05) is 40.6 Å². The van der Waals surface area contributed by atoms with Gasteiger partial charge in [0.25, 0.3) is 0 Å². The second-order valence-corrected chi connectivity index (χ2v) is 8.51. The van der Waals surface area contributed by atoms with E-state index in [4.69, 9.17) is 0 Å². The van der Waals surface area contributed by atoms with Crippen LogP contribution in [0, 0.1) is 11.8 Å². The van der Waals surface area contributed by atoms with Gasteiger partial charge in [0.15, 0.2) is 5.13 Å². The van der Waals surface area contributed by atoms with E-state index in [2.05, 4.69) is 46.3 Å². The van der Waals surface area contributed by atoms with Crippen LogP contribution in [0.5, 0.6) is 0 Å². The van der Waals surface area contributed by atoms with Gasteiger partial charge in [-0.3, -0.25) is 9.59 Å². The van der Waals surface area contributed by atoms with Gasteiger partial charge in [-0.1, -0.05) is 27.7 Å². The summed E-state index contributed by atoms with van der Waals surface area (Å²) in [6.45, 7) is 9.00. The van der Waals surface area contributed by atoms with Crippen molar-refractivity contribution in [3.63, 3.8) is 0 Å². The zero-order valence-electron chi connectivity index (χ0n) is 16.7. The number of carbonyl (C=O) groups excluding carboxylic acids is 2. The molecule has 0 unspecified atom stereocenters. The molecule has 7 heteroatoms. The molecular formula is C21H26N4O2S.